The van der Waals surface area contributed by atoms with Crippen LogP contribution in [-0.2, 0) is 15.7 Å². The largest absolute Gasteiger partial charge is 0.417 e. The first-order valence-electron chi connectivity index (χ1n) is 10.4. The Morgan fingerprint density at radius 2 is 1.83 bits per heavy atom. The van der Waals surface area contributed by atoms with E-state index in [2.05, 4.69) is 5.32 Å². The highest BCUT2D eigenvalue weighted by atomic mass is 19.4. The van der Waals surface area contributed by atoms with Crippen molar-refractivity contribution in [2.24, 2.45) is 0 Å². The molecule has 186 valence electrons. The predicted octanol–water partition coefficient (Wildman–Crippen LogP) is 2.95. The lowest BCUT2D eigenvalue weighted by atomic mass is 10.0. The first kappa shape index (κ1) is 25.9. The van der Waals surface area contributed by atoms with Crippen molar-refractivity contribution in [2.75, 3.05) is 44.8 Å². The molecule has 2 aromatic carbocycles. The summed E-state index contributed by atoms with van der Waals surface area (Å²) in [5, 5.41) is 11.6. The number of carbonyl (C=O) groups excluding carboxylic acids is 2. The molecule has 0 aromatic heterocycles. The molecule has 0 radical (unpaired) electrons. The Hall–Kier alpha value is -3.72. The summed E-state index contributed by atoms with van der Waals surface area (Å²) in [4.78, 5) is 28.4. The van der Waals surface area contributed by atoms with Gasteiger partial charge in [-0.3, -0.25) is 9.59 Å². The number of carbonyl (C=O) groups is 2. The van der Waals surface area contributed by atoms with Gasteiger partial charge in [-0.15, -0.1) is 0 Å². The Morgan fingerprint density at radius 1 is 1.14 bits per heavy atom. The van der Waals surface area contributed by atoms with E-state index in [1.165, 1.54) is 29.0 Å². The molecule has 1 fully saturated rings. The maximum absolute atomic E-state index is 13.6. The predicted molar refractivity (Wildman–Crippen MR) is 114 cm³/mol. The van der Waals surface area contributed by atoms with Gasteiger partial charge in [-0.1, -0.05) is 0 Å². The molecule has 35 heavy (non-hydrogen) atoms. The van der Waals surface area contributed by atoms with Crippen LogP contribution in [0.15, 0.2) is 36.4 Å². The van der Waals surface area contributed by atoms with Crippen molar-refractivity contribution in [3.63, 3.8) is 0 Å². The van der Waals surface area contributed by atoms with Gasteiger partial charge >= 0.3 is 6.18 Å². The first-order valence-corrected chi connectivity index (χ1v) is 10.4. The van der Waals surface area contributed by atoms with Gasteiger partial charge in [0.05, 0.1) is 30.3 Å². The number of nitrogens with one attached hydrogen (secondary N) is 1. The van der Waals surface area contributed by atoms with Gasteiger partial charge in [0.15, 0.2) is 0 Å². The Bertz CT molecular complexity index is 1130. The number of nitrogens with zero attached hydrogens (tertiary/aromatic N) is 3. The fraction of sp³-hybridized carbons (Fsp3) is 0.348. The van der Waals surface area contributed by atoms with E-state index in [4.69, 9.17) is 10.00 Å². The lowest BCUT2D eigenvalue weighted by Gasteiger charge is -2.42. The molecule has 0 bridgehead atoms. The first-order chi connectivity index (χ1) is 16.5. The standard InChI is InChI=1S/C23H21F5N4O3/c1-35-7-4-30-21(33)20-13-31(22(34)15-8-16(24)10-17(25)9-15)5-6-32(20)18-3-2-14(12-29)19(11-18)23(26,27)28/h2-3,8-11,20H,4-7,13H2,1H3,(H,30,33). The minimum atomic E-state index is -4.80. The quantitative estimate of drug-likeness (QED) is 0.491. The van der Waals surface area contributed by atoms with Crippen LogP contribution in [0.4, 0.5) is 27.6 Å². The number of hydrogen-bond acceptors (Lipinski definition) is 5. The molecule has 1 N–H and O–H groups in total. The van der Waals surface area contributed by atoms with Gasteiger partial charge in [-0.25, -0.2) is 8.78 Å². The molecule has 1 atom stereocenters. The van der Waals surface area contributed by atoms with Crippen LogP contribution >= 0.6 is 0 Å². The van der Waals surface area contributed by atoms with Gasteiger partial charge in [-0.05, 0) is 30.3 Å². The summed E-state index contributed by atoms with van der Waals surface area (Å²) < 4.78 is 72.6. The number of anilines is 1. The Kier molecular flexibility index (Phi) is 7.91. The van der Waals surface area contributed by atoms with Crippen LogP contribution in [0.1, 0.15) is 21.5 Å². The number of benzene rings is 2. The fourth-order valence-electron chi connectivity index (χ4n) is 3.80. The van der Waals surface area contributed by atoms with Crippen molar-refractivity contribution >= 4 is 17.5 Å². The van der Waals surface area contributed by atoms with E-state index in [9.17, 15) is 31.5 Å². The summed E-state index contributed by atoms with van der Waals surface area (Å²) >= 11 is 0. The summed E-state index contributed by atoms with van der Waals surface area (Å²) in [5.41, 5.74) is -1.94. The lowest BCUT2D eigenvalue weighted by Crippen LogP contribution is -2.60. The average Bonchev–Trinajstić information content (AvgIpc) is 2.81. The van der Waals surface area contributed by atoms with E-state index in [-0.39, 0.29) is 44.0 Å². The smallest absolute Gasteiger partial charge is 0.383 e. The molecule has 0 saturated carbocycles. The number of alkyl halides is 3. The van der Waals surface area contributed by atoms with Gasteiger partial charge in [0.25, 0.3) is 5.91 Å². The molecular weight excluding hydrogens is 475 g/mol. The summed E-state index contributed by atoms with van der Waals surface area (Å²) in [7, 11) is 1.42. The fourth-order valence-corrected chi connectivity index (χ4v) is 3.80. The van der Waals surface area contributed by atoms with Crippen LogP contribution < -0.4 is 10.2 Å². The molecule has 1 heterocycles. The van der Waals surface area contributed by atoms with Crippen molar-refractivity contribution < 1.29 is 36.3 Å². The van der Waals surface area contributed by atoms with Gasteiger partial charge in [-0.2, -0.15) is 18.4 Å². The highest BCUT2D eigenvalue weighted by Gasteiger charge is 2.38. The molecule has 1 unspecified atom stereocenters. The number of hydrogen-bond donors (Lipinski definition) is 1. The molecule has 1 aliphatic rings. The van der Waals surface area contributed by atoms with Gasteiger partial charge < -0.3 is 19.9 Å². The third-order valence-corrected chi connectivity index (χ3v) is 5.45. The van der Waals surface area contributed by atoms with E-state index >= 15 is 0 Å². The SMILES string of the molecule is COCCNC(=O)C1CN(C(=O)c2cc(F)cc(F)c2)CCN1c1ccc(C#N)c(C(F)(F)F)c1. The van der Waals surface area contributed by atoms with Crippen molar-refractivity contribution in [1.82, 2.24) is 10.2 Å². The zero-order valence-electron chi connectivity index (χ0n) is 18.5. The number of nitriles is 1. The zero-order valence-corrected chi connectivity index (χ0v) is 18.5. The number of rotatable bonds is 6. The minimum Gasteiger partial charge on any atom is -0.383 e. The summed E-state index contributed by atoms with van der Waals surface area (Å²) in [6.45, 7) is -0.0327. The number of methoxy groups -OCH3 is 1. The van der Waals surface area contributed by atoms with Crippen LogP contribution in [0, 0.1) is 23.0 Å². The molecule has 0 spiro atoms. The second kappa shape index (κ2) is 10.7. The van der Waals surface area contributed by atoms with E-state index < -0.39 is 46.8 Å². The van der Waals surface area contributed by atoms with Crippen molar-refractivity contribution in [1.29, 1.82) is 5.26 Å². The molecule has 1 saturated heterocycles. The minimum absolute atomic E-state index is 0.0276. The van der Waals surface area contributed by atoms with Crippen LogP contribution in [-0.4, -0.2) is 62.7 Å². The maximum atomic E-state index is 13.6. The molecule has 2 amide bonds. The van der Waals surface area contributed by atoms with Crippen molar-refractivity contribution in [2.45, 2.75) is 12.2 Å². The molecule has 7 nitrogen and oxygen atoms in total. The van der Waals surface area contributed by atoms with Gasteiger partial charge in [0.2, 0.25) is 5.91 Å². The third kappa shape index (κ3) is 6.05. The molecule has 3 rings (SSSR count). The number of ether oxygens (including phenoxy) is 1. The van der Waals surface area contributed by atoms with E-state index in [1.54, 1.807) is 0 Å². The summed E-state index contributed by atoms with van der Waals surface area (Å²) in [5.74, 6) is -3.20. The van der Waals surface area contributed by atoms with Gasteiger partial charge in [0.1, 0.15) is 17.7 Å². The second-order valence-electron chi connectivity index (χ2n) is 7.74. The number of halogens is 5. The van der Waals surface area contributed by atoms with E-state index in [0.29, 0.717) is 6.07 Å². The highest BCUT2D eigenvalue weighted by Crippen LogP contribution is 2.35. The third-order valence-electron chi connectivity index (χ3n) is 5.45. The molecule has 2 aromatic rings. The maximum Gasteiger partial charge on any atom is 0.417 e. The normalized spacial score (nSPS) is 16.1. The van der Waals surface area contributed by atoms with Crippen LogP contribution in [0.2, 0.25) is 0 Å². The highest BCUT2D eigenvalue weighted by molar-refractivity contribution is 5.95. The van der Waals surface area contributed by atoms with Crippen molar-refractivity contribution in [3.8, 4) is 6.07 Å². The van der Waals surface area contributed by atoms with Crippen molar-refractivity contribution in [3.05, 3.63) is 64.7 Å². The average molecular weight is 496 g/mol. The molecular formula is C23H21F5N4O3. The summed E-state index contributed by atoms with van der Waals surface area (Å²) in [6, 6.07) is 5.83. The van der Waals surface area contributed by atoms with Crippen LogP contribution in [0.25, 0.3) is 0 Å². The van der Waals surface area contributed by atoms with Gasteiger partial charge in [0, 0.05) is 44.1 Å². The number of amides is 2. The van der Waals surface area contributed by atoms with Crippen LogP contribution in [0.3, 0.4) is 0 Å². The van der Waals surface area contributed by atoms with Crippen LogP contribution in [0.5, 0.6) is 0 Å². The molecule has 0 aliphatic carbocycles. The van der Waals surface area contributed by atoms with E-state index in [1.807, 2.05) is 0 Å². The molecule has 1 aliphatic heterocycles. The second-order valence-corrected chi connectivity index (χ2v) is 7.74. The lowest BCUT2D eigenvalue weighted by molar-refractivity contribution is -0.137. The number of piperazine rings is 1. The van der Waals surface area contributed by atoms with E-state index in [0.717, 1.165) is 24.3 Å². The Balaban J connectivity index is 1.93. The Labute approximate surface area is 197 Å². The summed E-state index contributed by atoms with van der Waals surface area (Å²) in [6.07, 6.45) is -4.80. The Morgan fingerprint density at radius 3 is 2.43 bits per heavy atom. The topological polar surface area (TPSA) is 85.7 Å². The molecule has 12 heteroatoms. The zero-order chi connectivity index (χ0) is 25.8. The monoisotopic (exact) mass is 496 g/mol.